The summed E-state index contributed by atoms with van der Waals surface area (Å²) in [5.41, 5.74) is 1.80. The summed E-state index contributed by atoms with van der Waals surface area (Å²) < 4.78 is 34.7. The number of ether oxygens (including phenoxy) is 1. The van der Waals surface area contributed by atoms with E-state index >= 15 is 0 Å². The molecule has 0 fully saturated rings. The van der Waals surface area contributed by atoms with Crippen molar-refractivity contribution in [3.8, 4) is 0 Å². The van der Waals surface area contributed by atoms with E-state index < -0.39 is 21.8 Å². The Balaban J connectivity index is 1.93. The van der Waals surface area contributed by atoms with Crippen molar-refractivity contribution in [1.29, 1.82) is 0 Å². The molecular formula is C20H25NO5S. The van der Waals surface area contributed by atoms with Gasteiger partial charge in [-0.2, -0.15) is 8.42 Å². The van der Waals surface area contributed by atoms with Crippen LogP contribution in [0.3, 0.4) is 0 Å². The molecule has 0 aromatic heterocycles. The van der Waals surface area contributed by atoms with Crippen LogP contribution in [-0.2, 0) is 25.5 Å². The van der Waals surface area contributed by atoms with Crippen LogP contribution in [0, 0.1) is 6.92 Å². The Kier molecular flexibility index (Phi) is 6.62. The van der Waals surface area contributed by atoms with Crippen molar-refractivity contribution >= 4 is 21.9 Å². The zero-order chi connectivity index (χ0) is 20.1. The van der Waals surface area contributed by atoms with E-state index in [1.807, 2.05) is 13.0 Å². The molecule has 0 spiro atoms. The number of hydrogen-bond donors (Lipinski definition) is 1. The molecule has 2 aromatic rings. The molecule has 2 rings (SSSR count). The molecule has 2 aromatic carbocycles. The predicted molar refractivity (Wildman–Crippen MR) is 104 cm³/mol. The Morgan fingerprint density at radius 3 is 2.37 bits per heavy atom. The van der Waals surface area contributed by atoms with Gasteiger partial charge in [0.15, 0.2) is 0 Å². The van der Waals surface area contributed by atoms with Crippen molar-refractivity contribution in [3.05, 3.63) is 59.7 Å². The first kappa shape index (κ1) is 20.9. The van der Waals surface area contributed by atoms with Crippen LogP contribution in [0.4, 0.5) is 10.5 Å². The van der Waals surface area contributed by atoms with Crippen molar-refractivity contribution in [3.63, 3.8) is 0 Å². The van der Waals surface area contributed by atoms with Gasteiger partial charge in [-0.3, -0.25) is 9.50 Å². The van der Waals surface area contributed by atoms with Crippen molar-refractivity contribution in [2.24, 2.45) is 0 Å². The summed E-state index contributed by atoms with van der Waals surface area (Å²) in [6, 6.07) is 13.6. The average Bonchev–Trinajstić information content (AvgIpc) is 2.53. The van der Waals surface area contributed by atoms with Gasteiger partial charge in [0.25, 0.3) is 10.1 Å². The van der Waals surface area contributed by atoms with Crippen LogP contribution < -0.4 is 5.32 Å². The minimum Gasteiger partial charge on any atom is -0.444 e. The molecule has 0 aliphatic heterocycles. The Labute approximate surface area is 160 Å². The van der Waals surface area contributed by atoms with Gasteiger partial charge in [0, 0.05) is 5.69 Å². The Hall–Kier alpha value is -2.38. The molecule has 0 atom stereocenters. The molecule has 0 aliphatic carbocycles. The summed E-state index contributed by atoms with van der Waals surface area (Å²) in [6.07, 6.45) is -0.160. The minimum atomic E-state index is -3.79. The fourth-order valence-electron chi connectivity index (χ4n) is 2.27. The van der Waals surface area contributed by atoms with Gasteiger partial charge in [0.1, 0.15) is 5.60 Å². The van der Waals surface area contributed by atoms with Crippen LogP contribution >= 0.6 is 0 Å². The highest BCUT2D eigenvalue weighted by atomic mass is 32.2. The summed E-state index contributed by atoms with van der Waals surface area (Å²) in [6.45, 7) is 7.25. The van der Waals surface area contributed by atoms with Crippen molar-refractivity contribution in [2.45, 2.75) is 44.6 Å². The molecule has 0 saturated carbocycles. The summed E-state index contributed by atoms with van der Waals surface area (Å²) in [5.74, 6) is 0. The number of anilines is 1. The first-order valence-electron chi connectivity index (χ1n) is 8.60. The summed E-state index contributed by atoms with van der Waals surface area (Å²) in [5, 5.41) is 2.66. The molecule has 0 aliphatic rings. The molecule has 0 saturated heterocycles. The Bertz CT molecular complexity index is 883. The molecule has 0 unspecified atom stereocenters. The first-order valence-corrected chi connectivity index (χ1v) is 10.0. The van der Waals surface area contributed by atoms with Gasteiger partial charge in [-0.05, 0) is 63.9 Å². The molecule has 7 heteroatoms. The molecular weight excluding hydrogens is 366 g/mol. The summed E-state index contributed by atoms with van der Waals surface area (Å²) in [7, 11) is -3.79. The van der Waals surface area contributed by atoms with Crippen molar-refractivity contribution in [2.75, 3.05) is 11.9 Å². The number of nitrogens with one attached hydrogen (secondary N) is 1. The number of amides is 1. The van der Waals surface area contributed by atoms with Crippen LogP contribution in [0.5, 0.6) is 0 Å². The lowest BCUT2D eigenvalue weighted by Gasteiger charge is -2.19. The maximum absolute atomic E-state index is 12.2. The molecule has 146 valence electrons. The number of rotatable bonds is 6. The van der Waals surface area contributed by atoms with Gasteiger partial charge in [-0.1, -0.05) is 29.8 Å². The van der Waals surface area contributed by atoms with E-state index in [1.54, 1.807) is 51.1 Å². The minimum absolute atomic E-state index is 0.00605. The lowest BCUT2D eigenvalue weighted by atomic mass is 10.1. The number of carbonyl (C=O) groups excluding carboxylic acids is 1. The van der Waals surface area contributed by atoms with Crippen LogP contribution in [-0.4, -0.2) is 26.7 Å². The highest BCUT2D eigenvalue weighted by Gasteiger charge is 2.17. The zero-order valence-electron chi connectivity index (χ0n) is 16.0. The van der Waals surface area contributed by atoms with E-state index in [0.29, 0.717) is 12.1 Å². The third-order valence-electron chi connectivity index (χ3n) is 3.51. The van der Waals surface area contributed by atoms with Crippen LogP contribution in [0.1, 0.15) is 31.9 Å². The zero-order valence-corrected chi connectivity index (χ0v) is 16.8. The fraction of sp³-hybridized carbons (Fsp3) is 0.350. The van der Waals surface area contributed by atoms with Gasteiger partial charge in [0.2, 0.25) is 0 Å². The average molecular weight is 391 g/mol. The second-order valence-electron chi connectivity index (χ2n) is 7.17. The third kappa shape index (κ3) is 7.03. The number of hydrogen-bond acceptors (Lipinski definition) is 5. The highest BCUT2D eigenvalue weighted by molar-refractivity contribution is 7.86. The topological polar surface area (TPSA) is 81.7 Å². The van der Waals surface area contributed by atoms with E-state index in [4.69, 9.17) is 8.92 Å². The van der Waals surface area contributed by atoms with Crippen LogP contribution in [0.25, 0.3) is 0 Å². The van der Waals surface area contributed by atoms with E-state index in [-0.39, 0.29) is 11.5 Å². The van der Waals surface area contributed by atoms with Crippen LogP contribution in [0.2, 0.25) is 0 Å². The quantitative estimate of drug-likeness (QED) is 0.743. The summed E-state index contributed by atoms with van der Waals surface area (Å²) in [4.78, 5) is 12.0. The van der Waals surface area contributed by atoms with Crippen molar-refractivity contribution < 1.29 is 22.1 Å². The van der Waals surface area contributed by atoms with E-state index in [0.717, 1.165) is 11.1 Å². The number of carbonyl (C=O) groups is 1. The van der Waals surface area contributed by atoms with Gasteiger partial charge in [0.05, 0.1) is 11.5 Å². The second kappa shape index (κ2) is 8.54. The summed E-state index contributed by atoms with van der Waals surface area (Å²) >= 11 is 0. The van der Waals surface area contributed by atoms with E-state index in [2.05, 4.69) is 5.32 Å². The largest absolute Gasteiger partial charge is 0.444 e. The lowest BCUT2D eigenvalue weighted by Crippen LogP contribution is -2.27. The molecule has 1 N–H and O–H groups in total. The standard InChI is InChI=1S/C20H25NO5S/c1-15-8-10-18(11-9-15)27(23,24)25-13-12-16-6-5-7-17(14-16)21-19(22)26-20(2,3)4/h5-11,14H,12-13H2,1-4H3,(H,21,22). The van der Waals surface area contributed by atoms with E-state index in [9.17, 15) is 13.2 Å². The monoisotopic (exact) mass is 391 g/mol. The maximum atomic E-state index is 12.2. The van der Waals surface area contributed by atoms with E-state index in [1.165, 1.54) is 12.1 Å². The lowest BCUT2D eigenvalue weighted by molar-refractivity contribution is 0.0636. The maximum Gasteiger partial charge on any atom is 0.412 e. The number of benzene rings is 2. The SMILES string of the molecule is Cc1ccc(S(=O)(=O)OCCc2cccc(NC(=O)OC(C)(C)C)c2)cc1. The molecule has 6 nitrogen and oxygen atoms in total. The van der Waals surface area contributed by atoms with Gasteiger partial charge < -0.3 is 4.74 Å². The van der Waals surface area contributed by atoms with Gasteiger partial charge >= 0.3 is 6.09 Å². The molecule has 0 radical (unpaired) electrons. The van der Waals surface area contributed by atoms with Crippen molar-refractivity contribution in [1.82, 2.24) is 0 Å². The molecule has 0 heterocycles. The Morgan fingerprint density at radius 2 is 1.74 bits per heavy atom. The number of aryl methyl sites for hydroxylation is 1. The Morgan fingerprint density at radius 1 is 1.07 bits per heavy atom. The molecule has 1 amide bonds. The fourth-order valence-corrected chi connectivity index (χ4v) is 3.18. The van der Waals surface area contributed by atoms with Crippen LogP contribution in [0.15, 0.2) is 53.4 Å². The molecule has 27 heavy (non-hydrogen) atoms. The first-order chi connectivity index (χ1) is 12.5. The third-order valence-corrected chi connectivity index (χ3v) is 4.84. The predicted octanol–water partition coefficient (Wildman–Crippen LogP) is 4.29. The van der Waals surface area contributed by atoms with Gasteiger partial charge in [-0.25, -0.2) is 4.79 Å². The molecule has 0 bridgehead atoms. The smallest absolute Gasteiger partial charge is 0.412 e. The highest BCUT2D eigenvalue weighted by Crippen LogP contribution is 2.16. The van der Waals surface area contributed by atoms with Gasteiger partial charge in [-0.15, -0.1) is 0 Å². The second-order valence-corrected chi connectivity index (χ2v) is 8.78. The normalized spacial score (nSPS) is 11.9.